The van der Waals surface area contributed by atoms with Gasteiger partial charge in [-0.3, -0.25) is 9.59 Å². The number of aryl methyl sites for hydroxylation is 1. The Balaban J connectivity index is 1.34. The van der Waals surface area contributed by atoms with Gasteiger partial charge in [-0.15, -0.1) is 0 Å². The van der Waals surface area contributed by atoms with Crippen LogP contribution in [0, 0.1) is 6.92 Å². The zero-order valence-corrected chi connectivity index (χ0v) is 20.2. The number of thioether (sulfide) groups is 1. The highest BCUT2D eigenvalue weighted by Crippen LogP contribution is 2.26. The minimum absolute atomic E-state index is 0.0505. The first kappa shape index (κ1) is 23.9. The van der Waals surface area contributed by atoms with E-state index in [2.05, 4.69) is 28.9 Å². The zero-order valence-electron chi connectivity index (χ0n) is 18.7. The van der Waals surface area contributed by atoms with Crippen molar-refractivity contribution in [3.05, 3.63) is 94.5 Å². The normalized spacial score (nSPS) is 10.9. The lowest BCUT2D eigenvalue weighted by atomic mass is 10.1. The largest absolute Gasteiger partial charge is 0.455 e. The van der Waals surface area contributed by atoms with Crippen molar-refractivity contribution in [2.45, 2.75) is 25.2 Å². The number of nitrogens with one attached hydrogen (secondary N) is 1. The van der Waals surface area contributed by atoms with Crippen LogP contribution in [-0.4, -0.2) is 33.8 Å². The average molecular weight is 494 g/mol. The van der Waals surface area contributed by atoms with Crippen LogP contribution in [0.1, 0.15) is 16.7 Å². The molecular weight excluding hydrogens is 470 g/mol. The van der Waals surface area contributed by atoms with Crippen molar-refractivity contribution in [1.82, 2.24) is 14.9 Å². The lowest BCUT2D eigenvalue weighted by Crippen LogP contribution is -2.28. The van der Waals surface area contributed by atoms with Gasteiger partial charge in [0.15, 0.2) is 11.8 Å². The van der Waals surface area contributed by atoms with Crippen LogP contribution < -0.4 is 5.32 Å². The van der Waals surface area contributed by atoms with Gasteiger partial charge in [-0.2, -0.15) is 0 Å². The number of esters is 1. The topological polar surface area (TPSA) is 73.2 Å². The maximum Gasteiger partial charge on any atom is 0.316 e. The fraction of sp³-hybridized carbons (Fsp3) is 0.192. The van der Waals surface area contributed by atoms with E-state index >= 15 is 0 Å². The maximum absolute atomic E-state index is 12.3. The summed E-state index contributed by atoms with van der Waals surface area (Å²) in [7, 11) is 0. The Bertz CT molecular complexity index is 1320. The molecule has 174 valence electrons. The van der Waals surface area contributed by atoms with Gasteiger partial charge >= 0.3 is 5.97 Å². The predicted octanol–water partition coefficient (Wildman–Crippen LogP) is 5.00. The highest BCUT2D eigenvalue weighted by Gasteiger charge is 2.15. The van der Waals surface area contributed by atoms with Crippen molar-refractivity contribution in [2.24, 2.45) is 0 Å². The van der Waals surface area contributed by atoms with Crippen LogP contribution in [0.2, 0.25) is 5.02 Å². The molecule has 0 spiro atoms. The summed E-state index contributed by atoms with van der Waals surface area (Å²) in [6, 6.07) is 23.3. The SMILES string of the molecule is Cc1ccccc1Cn1c(SCC(=O)OCC(=O)NCc2ccccc2Cl)nc2ccccc21. The van der Waals surface area contributed by atoms with Crippen molar-refractivity contribution >= 4 is 46.3 Å². The number of para-hydroxylation sites is 2. The molecule has 1 heterocycles. The molecule has 1 N–H and O–H groups in total. The molecule has 3 aromatic carbocycles. The summed E-state index contributed by atoms with van der Waals surface area (Å²) < 4.78 is 7.26. The fourth-order valence-corrected chi connectivity index (χ4v) is 4.49. The van der Waals surface area contributed by atoms with Crippen LogP contribution in [0.4, 0.5) is 0 Å². The summed E-state index contributed by atoms with van der Waals surface area (Å²) in [5, 5.41) is 4.00. The van der Waals surface area contributed by atoms with E-state index in [4.69, 9.17) is 21.3 Å². The molecule has 0 atom stereocenters. The second-order valence-electron chi connectivity index (χ2n) is 7.71. The molecule has 0 aliphatic rings. The molecule has 1 aromatic heterocycles. The van der Waals surface area contributed by atoms with Crippen LogP contribution >= 0.6 is 23.4 Å². The number of carbonyl (C=O) groups is 2. The van der Waals surface area contributed by atoms with E-state index in [1.165, 1.54) is 22.9 Å². The third-order valence-corrected chi connectivity index (χ3v) is 6.65. The number of fused-ring (bicyclic) bond motifs is 1. The van der Waals surface area contributed by atoms with Gasteiger partial charge in [0.05, 0.1) is 23.3 Å². The number of hydrogen-bond donors (Lipinski definition) is 1. The summed E-state index contributed by atoms with van der Waals surface area (Å²) >= 11 is 7.39. The van der Waals surface area contributed by atoms with Gasteiger partial charge in [-0.25, -0.2) is 4.98 Å². The average Bonchev–Trinajstić information content (AvgIpc) is 3.19. The Kier molecular flexibility index (Phi) is 7.87. The van der Waals surface area contributed by atoms with E-state index in [1.54, 1.807) is 6.07 Å². The number of aromatic nitrogens is 2. The third kappa shape index (κ3) is 5.98. The van der Waals surface area contributed by atoms with Crippen LogP contribution in [0.3, 0.4) is 0 Å². The molecule has 0 saturated heterocycles. The first-order valence-electron chi connectivity index (χ1n) is 10.8. The molecule has 0 bridgehead atoms. The lowest BCUT2D eigenvalue weighted by Gasteiger charge is -2.11. The van der Waals surface area contributed by atoms with Gasteiger partial charge in [-0.1, -0.05) is 78.0 Å². The smallest absolute Gasteiger partial charge is 0.316 e. The number of amides is 1. The number of benzene rings is 3. The van der Waals surface area contributed by atoms with E-state index in [0.717, 1.165) is 21.8 Å². The Morgan fingerprint density at radius 1 is 1.00 bits per heavy atom. The maximum atomic E-state index is 12.3. The summed E-state index contributed by atoms with van der Waals surface area (Å²) in [6.45, 7) is 2.65. The number of rotatable bonds is 9. The Labute approximate surface area is 207 Å². The van der Waals surface area contributed by atoms with Crippen molar-refractivity contribution in [2.75, 3.05) is 12.4 Å². The molecule has 4 aromatic rings. The molecular formula is C26H24ClN3O3S. The van der Waals surface area contributed by atoms with Gasteiger partial charge in [0.1, 0.15) is 0 Å². The second-order valence-corrected chi connectivity index (χ2v) is 9.06. The summed E-state index contributed by atoms with van der Waals surface area (Å²) in [5.41, 5.74) is 5.04. The van der Waals surface area contributed by atoms with Crippen molar-refractivity contribution < 1.29 is 14.3 Å². The second kappa shape index (κ2) is 11.2. The number of imidazole rings is 1. The monoisotopic (exact) mass is 493 g/mol. The molecule has 1 amide bonds. The summed E-state index contributed by atoms with van der Waals surface area (Å²) in [5.74, 6) is -0.813. The lowest BCUT2D eigenvalue weighted by molar-refractivity contribution is -0.145. The number of halogens is 1. The molecule has 4 rings (SSSR count). The predicted molar refractivity (Wildman–Crippen MR) is 135 cm³/mol. The Morgan fingerprint density at radius 2 is 1.71 bits per heavy atom. The summed E-state index contributed by atoms with van der Waals surface area (Å²) in [6.07, 6.45) is 0. The molecule has 6 nitrogen and oxygen atoms in total. The third-order valence-electron chi connectivity index (χ3n) is 5.33. The number of carbonyl (C=O) groups excluding carboxylic acids is 2. The quantitative estimate of drug-likeness (QED) is 0.262. The van der Waals surface area contributed by atoms with E-state index in [0.29, 0.717) is 11.6 Å². The molecule has 0 fully saturated rings. The number of ether oxygens (including phenoxy) is 1. The minimum Gasteiger partial charge on any atom is -0.455 e. The fourth-order valence-electron chi connectivity index (χ4n) is 3.47. The van der Waals surface area contributed by atoms with E-state index in [-0.39, 0.29) is 24.8 Å². The van der Waals surface area contributed by atoms with Gasteiger partial charge in [0.25, 0.3) is 5.91 Å². The van der Waals surface area contributed by atoms with Crippen molar-refractivity contribution in [3.63, 3.8) is 0 Å². The van der Waals surface area contributed by atoms with Gasteiger partial charge < -0.3 is 14.6 Å². The molecule has 0 saturated carbocycles. The highest BCUT2D eigenvalue weighted by atomic mass is 35.5. The van der Waals surface area contributed by atoms with E-state index in [9.17, 15) is 9.59 Å². The molecule has 0 unspecified atom stereocenters. The first-order chi connectivity index (χ1) is 16.5. The molecule has 8 heteroatoms. The minimum atomic E-state index is -0.479. The van der Waals surface area contributed by atoms with Crippen LogP contribution in [0.5, 0.6) is 0 Å². The van der Waals surface area contributed by atoms with Crippen molar-refractivity contribution in [1.29, 1.82) is 0 Å². The first-order valence-corrected chi connectivity index (χ1v) is 12.2. The van der Waals surface area contributed by atoms with Gasteiger partial charge in [0.2, 0.25) is 0 Å². The van der Waals surface area contributed by atoms with E-state index in [1.807, 2.05) is 54.6 Å². The van der Waals surface area contributed by atoms with Crippen LogP contribution in [0.15, 0.2) is 78.0 Å². The van der Waals surface area contributed by atoms with Crippen LogP contribution in [0.25, 0.3) is 11.0 Å². The molecule has 0 aliphatic heterocycles. The number of nitrogens with zero attached hydrogens (tertiary/aromatic N) is 2. The standard InChI is InChI=1S/C26H24ClN3O3S/c1-18-8-2-3-10-20(18)15-30-23-13-7-6-12-22(23)29-26(30)34-17-25(32)33-16-24(31)28-14-19-9-4-5-11-21(19)27/h2-13H,14-17H2,1H3,(H,28,31). The van der Waals surface area contributed by atoms with Gasteiger partial charge in [-0.05, 0) is 41.8 Å². The number of hydrogen-bond acceptors (Lipinski definition) is 5. The van der Waals surface area contributed by atoms with E-state index < -0.39 is 5.97 Å². The van der Waals surface area contributed by atoms with Crippen molar-refractivity contribution in [3.8, 4) is 0 Å². The zero-order chi connectivity index (χ0) is 23.9. The summed E-state index contributed by atoms with van der Waals surface area (Å²) in [4.78, 5) is 29.1. The molecule has 0 aliphatic carbocycles. The molecule has 34 heavy (non-hydrogen) atoms. The Morgan fingerprint density at radius 3 is 2.50 bits per heavy atom. The molecule has 0 radical (unpaired) electrons. The van der Waals surface area contributed by atoms with Gasteiger partial charge in [0, 0.05) is 11.6 Å². The highest BCUT2D eigenvalue weighted by molar-refractivity contribution is 7.99. The van der Waals surface area contributed by atoms with Crippen LogP contribution in [-0.2, 0) is 27.4 Å². The Hall–Kier alpha value is -3.29.